The van der Waals surface area contributed by atoms with Crippen molar-refractivity contribution >= 4 is 16.9 Å². The number of nitro benzene ring substituents is 1. The number of anilines is 1. The normalized spacial score (nSPS) is 14.1. The van der Waals surface area contributed by atoms with Crippen LogP contribution in [0.4, 0.5) is 11.4 Å². The number of nitrogens with one attached hydrogen (secondary N) is 1. The number of fused-ring (bicyclic) bond motifs is 1. The molecule has 1 aliphatic heterocycles. The van der Waals surface area contributed by atoms with Crippen molar-refractivity contribution in [1.82, 2.24) is 0 Å². The summed E-state index contributed by atoms with van der Waals surface area (Å²) in [6.07, 6.45) is 2.19. The van der Waals surface area contributed by atoms with Gasteiger partial charge in [-0.2, -0.15) is 0 Å². The van der Waals surface area contributed by atoms with Crippen LogP contribution < -0.4 is 5.32 Å². The van der Waals surface area contributed by atoms with E-state index in [4.69, 9.17) is 0 Å². The molecule has 4 aromatic rings. The topological polar surface area (TPSA) is 55.2 Å². The SMILES string of the molecule is O=[N+]([O-])c1ccc2c(c1)C(c1ccccc1)=CC(c1ccccc1)(c1ccccc1)N2. The van der Waals surface area contributed by atoms with Crippen molar-refractivity contribution in [2.75, 3.05) is 5.32 Å². The fourth-order valence-corrected chi connectivity index (χ4v) is 4.26. The molecule has 0 saturated carbocycles. The highest BCUT2D eigenvalue weighted by molar-refractivity contribution is 5.92. The molecule has 0 aromatic heterocycles. The van der Waals surface area contributed by atoms with Gasteiger partial charge in [-0.3, -0.25) is 10.1 Å². The van der Waals surface area contributed by atoms with E-state index in [-0.39, 0.29) is 10.6 Å². The largest absolute Gasteiger partial charge is 0.368 e. The Bertz CT molecular complexity index is 1230. The van der Waals surface area contributed by atoms with Crippen LogP contribution >= 0.6 is 0 Å². The number of hydrogen-bond acceptors (Lipinski definition) is 3. The number of nitro groups is 1. The quantitative estimate of drug-likeness (QED) is 0.316. The number of nitrogens with zero attached hydrogens (tertiary/aromatic N) is 1. The molecule has 5 rings (SSSR count). The van der Waals surface area contributed by atoms with E-state index in [1.807, 2.05) is 72.8 Å². The van der Waals surface area contributed by atoms with E-state index in [1.54, 1.807) is 12.1 Å². The Morgan fingerprint density at radius 1 is 0.710 bits per heavy atom. The summed E-state index contributed by atoms with van der Waals surface area (Å²) in [5, 5.41) is 15.2. The Hall–Kier alpha value is -4.18. The summed E-state index contributed by atoms with van der Waals surface area (Å²) in [7, 11) is 0. The molecule has 0 spiro atoms. The highest BCUT2D eigenvalue weighted by atomic mass is 16.6. The maximum atomic E-state index is 11.5. The molecule has 0 atom stereocenters. The highest BCUT2D eigenvalue weighted by Gasteiger charge is 2.37. The van der Waals surface area contributed by atoms with E-state index in [0.717, 1.165) is 33.5 Å². The molecule has 1 aliphatic rings. The van der Waals surface area contributed by atoms with Crippen LogP contribution in [0.15, 0.2) is 115 Å². The van der Waals surface area contributed by atoms with Crippen molar-refractivity contribution in [3.8, 4) is 0 Å². The van der Waals surface area contributed by atoms with Gasteiger partial charge in [0.1, 0.15) is 5.54 Å². The van der Waals surface area contributed by atoms with Gasteiger partial charge in [0.15, 0.2) is 0 Å². The van der Waals surface area contributed by atoms with E-state index in [1.165, 1.54) is 0 Å². The van der Waals surface area contributed by atoms with Crippen molar-refractivity contribution in [1.29, 1.82) is 0 Å². The van der Waals surface area contributed by atoms with E-state index >= 15 is 0 Å². The third kappa shape index (κ3) is 3.28. The second-order valence-corrected chi connectivity index (χ2v) is 7.58. The van der Waals surface area contributed by atoms with Crippen LogP contribution in [-0.2, 0) is 5.54 Å². The summed E-state index contributed by atoms with van der Waals surface area (Å²) in [4.78, 5) is 11.1. The smallest absolute Gasteiger partial charge is 0.270 e. The maximum Gasteiger partial charge on any atom is 0.270 e. The van der Waals surface area contributed by atoms with Crippen LogP contribution in [0.1, 0.15) is 22.3 Å². The molecule has 150 valence electrons. The van der Waals surface area contributed by atoms with Crippen LogP contribution in [0.2, 0.25) is 0 Å². The predicted octanol–water partition coefficient (Wildman–Crippen LogP) is 6.40. The molecule has 0 fully saturated rings. The van der Waals surface area contributed by atoms with Crippen molar-refractivity contribution in [3.63, 3.8) is 0 Å². The van der Waals surface area contributed by atoms with Gasteiger partial charge < -0.3 is 5.32 Å². The zero-order valence-electron chi connectivity index (χ0n) is 16.7. The zero-order valence-corrected chi connectivity index (χ0v) is 16.7. The van der Waals surface area contributed by atoms with Gasteiger partial charge in [0, 0.05) is 23.4 Å². The summed E-state index contributed by atoms with van der Waals surface area (Å²) in [5.41, 5.74) is 5.32. The lowest BCUT2D eigenvalue weighted by Gasteiger charge is -2.39. The molecule has 0 bridgehead atoms. The van der Waals surface area contributed by atoms with E-state index in [0.29, 0.717) is 0 Å². The second kappa shape index (κ2) is 7.58. The van der Waals surface area contributed by atoms with Crippen molar-refractivity contribution in [2.45, 2.75) is 5.54 Å². The van der Waals surface area contributed by atoms with Gasteiger partial charge in [0.25, 0.3) is 5.69 Å². The molecule has 0 amide bonds. The average molecular weight is 404 g/mol. The standard InChI is InChI=1S/C27H20N2O2/c30-29(31)23-16-17-26-24(18-23)25(20-10-4-1-5-11-20)19-27(28-26,21-12-6-2-7-13-21)22-14-8-3-9-15-22/h1-19,28H. The molecule has 0 aliphatic carbocycles. The summed E-state index contributed by atoms with van der Waals surface area (Å²) in [5.74, 6) is 0. The van der Waals surface area contributed by atoms with Crippen molar-refractivity contribution in [3.05, 3.63) is 148 Å². The highest BCUT2D eigenvalue weighted by Crippen LogP contribution is 2.46. The molecular formula is C27H20N2O2. The summed E-state index contributed by atoms with van der Waals surface area (Å²) >= 11 is 0. The van der Waals surface area contributed by atoms with Gasteiger partial charge in [-0.1, -0.05) is 91.0 Å². The molecule has 0 radical (unpaired) electrons. The number of non-ortho nitro benzene ring substituents is 1. The molecule has 0 saturated heterocycles. The molecule has 0 unspecified atom stereocenters. The first-order valence-corrected chi connectivity index (χ1v) is 10.1. The van der Waals surface area contributed by atoms with E-state index in [2.05, 4.69) is 35.7 Å². The minimum atomic E-state index is -0.614. The Labute approximate surface area is 180 Å². The van der Waals surface area contributed by atoms with Crippen molar-refractivity contribution in [2.24, 2.45) is 0 Å². The number of hydrogen-bond donors (Lipinski definition) is 1. The lowest BCUT2D eigenvalue weighted by Crippen LogP contribution is -2.37. The molecule has 1 heterocycles. The van der Waals surface area contributed by atoms with Crippen molar-refractivity contribution < 1.29 is 4.92 Å². The zero-order chi connectivity index (χ0) is 21.3. The molecule has 1 N–H and O–H groups in total. The Morgan fingerprint density at radius 2 is 1.26 bits per heavy atom. The van der Waals surface area contributed by atoms with Crippen LogP contribution in [0, 0.1) is 10.1 Å². The first-order chi connectivity index (χ1) is 15.2. The predicted molar refractivity (Wildman–Crippen MR) is 124 cm³/mol. The number of benzene rings is 4. The lowest BCUT2D eigenvalue weighted by atomic mass is 9.76. The van der Waals surface area contributed by atoms with Gasteiger partial charge in [-0.25, -0.2) is 0 Å². The Kier molecular flexibility index (Phi) is 4.60. The van der Waals surface area contributed by atoms with Gasteiger partial charge in [0.05, 0.1) is 4.92 Å². The molecule has 4 aromatic carbocycles. The van der Waals surface area contributed by atoms with Gasteiger partial charge >= 0.3 is 0 Å². The van der Waals surface area contributed by atoms with Gasteiger partial charge in [-0.15, -0.1) is 0 Å². The van der Waals surface area contributed by atoms with E-state index in [9.17, 15) is 10.1 Å². The third-order valence-corrected chi connectivity index (χ3v) is 5.74. The first-order valence-electron chi connectivity index (χ1n) is 10.1. The molecule has 31 heavy (non-hydrogen) atoms. The van der Waals surface area contributed by atoms with Gasteiger partial charge in [-0.05, 0) is 34.4 Å². The summed E-state index contributed by atoms with van der Waals surface area (Å²) in [6, 6.07) is 35.6. The fourth-order valence-electron chi connectivity index (χ4n) is 4.26. The molecule has 4 heteroatoms. The van der Waals surface area contributed by atoms with Gasteiger partial charge in [0.2, 0.25) is 0 Å². The molecule has 4 nitrogen and oxygen atoms in total. The minimum absolute atomic E-state index is 0.0781. The van der Waals surface area contributed by atoms with Crippen LogP contribution in [-0.4, -0.2) is 4.92 Å². The summed E-state index contributed by atoms with van der Waals surface area (Å²) < 4.78 is 0. The maximum absolute atomic E-state index is 11.5. The average Bonchev–Trinajstić information content (AvgIpc) is 2.84. The Balaban J connectivity index is 1.83. The monoisotopic (exact) mass is 404 g/mol. The fraction of sp³-hybridized carbons (Fsp3) is 0.0370. The lowest BCUT2D eigenvalue weighted by molar-refractivity contribution is -0.384. The number of rotatable bonds is 4. The summed E-state index contributed by atoms with van der Waals surface area (Å²) in [6.45, 7) is 0. The van der Waals surface area contributed by atoms with E-state index < -0.39 is 5.54 Å². The second-order valence-electron chi connectivity index (χ2n) is 7.58. The Morgan fingerprint density at radius 3 is 1.81 bits per heavy atom. The van der Waals surface area contributed by atoms with Crippen LogP contribution in [0.5, 0.6) is 0 Å². The van der Waals surface area contributed by atoms with Crippen LogP contribution in [0.3, 0.4) is 0 Å². The minimum Gasteiger partial charge on any atom is -0.368 e. The van der Waals surface area contributed by atoms with Crippen LogP contribution in [0.25, 0.3) is 5.57 Å². The first kappa shape index (κ1) is 18.8. The third-order valence-electron chi connectivity index (χ3n) is 5.74. The molecular weight excluding hydrogens is 384 g/mol.